The number of aromatic nitrogens is 2. The van der Waals surface area contributed by atoms with Crippen LogP contribution in [0, 0.1) is 11.8 Å². The molecule has 0 atom stereocenters. The molecule has 0 spiro atoms. The van der Waals surface area contributed by atoms with Crippen molar-refractivity contribution in [1.82, 2.24) is 14.7 Å². The minimum absolute atomic E-state index is 0.380. The van der Waals surface area contributed by atoms with Gasteiger partial charge in [0.15, 0.2) is 5.84 Å². The second-order valence-electron chi connectivity index (χ2n) is 9.99. The molecule has 0 saturated carbocycles. The molecular weight excluding hydrogens is 599 g/mol. The van der Waals surface area contributed by atoms with Crippen molar-refractivity contribution in [3.05, 3.63) is 91.4 Å². The zero-order valence-electron chi connectivity index (χ0n) is 22.6. The molecule has 4 nitrogen and oxygen atoms in total. The third kappa shape index (κ3) is 5.59. The highest BCUT2D eigenvalue weighted by molar-refractivity contribution is 7.80. The molecule has 0 fully saturated rings. The molecule has 204 valence electrons. The van der Waals surface area contributed by atoms with Crippen LogP contribution in [0.1, 0.15) is 48.9 Å². The molecule has 0 N–H and O–H groups in total. The minimum atomic E-state index is -0.380. The van der Waals surface area contributed by atoms with E-state index < -0.39 is 0 Å². The maximum absolute atomic E-state index is 6.70. The van der Waals surface area contributed by atoms with Crippen molar-refractivity contribution >= 4 is 69.2 Å². The van der Waals surface area contributed by atoms with E-state index in [2.05, 4.69) is 49.6 Å². The average molecular weight is 626 g/mol. The summed E-state index contributed by atoms with van der Waals surface area (Å²) in [6.45, 7) is 6.27. The van der Waals surface area contributed by atoms with Gasteiger partial charge in [-0.3, -0.25) is 0 Å². The van der Waals surface area contributed by atoms with E-state index in [0.717, 1.165) is 62.5 Å². The predicted octanol–water partition coefficient (Wildman–Crippen LogP) is 8.91. The maximum Gasteiger partial charge on any atom is 0.158 e. The molecule has 0 bridgehead atoms. The molecule has 0 radical (unpaired) electrons. The Bertz CT molecular complexity index is 1690. The number of hydrogen-bond donors (Lipinski definition) is 0. The van der Waals surface area contributed by atoms with Crippen LogP contribution < -0.4 is 0 Å². The zero-order valence-corrected chi connectivity index (χ0v) is 26.5. The molecule has 4 aromatic rings. The van der Waals surface area contributed by atoms with Crippen molar-refractivity contribution in [1.29, 1.82) is 0 Å². The monoisotopic (exact) mass is 624 g/mol. The van der Waals surface area contributed by atoms with E-state index in [9.17, 15) is 0 Å². The number of halogens is 3. The number of rotatable bonds is 6. The summed E-state index contributed by atoms with van der Waals surface area (Å²) in [5.74, 6) is 7.42. The Hall–Kier alpha value is -2.66. The number of benzene rings is 2. The van der Waals surface area contributed by atoms with Crippen LogP contribution in [-0.2, 0) is 12.8 Å². The van der Waals surface area contributed by atoms with Gasteiger partial charge in [-0.2, -0.15) is 5.10 Å². The van der Waals surface area contributed by atoms with Crippen LogP contribution in [0.15, 0.2) is 59.6 Å². The van der Waals surface area contributed by atoms with Gasteiger partial charge in [0.2, 0.25) is 0 Å². The van der Waals surface area contributed by atoms with Crippen molar-refractivity contribution < 1.29 is 0 Å². The van der Waals surface area contributed by atoms with Crippen LogP contribution in [0.2, 0.25) is 15.1 Å². The highest BCUT2D eigenvalue weighted by atomic mass is 35.5. The standard InChI is InChI=1S/C31H27Cl3N4S2/c1-5-23-27(29-35-30(39)31(2,3)37(29)4)36-38(25-16-14-21(33)18-24(25)34)28(23)26-17-15-22(40-26)9-7-6-8-19-10-12-20(32)13-11-19/h10-18H,5-6,8H2,1-4H3. The summed E-state index contributed by atoms with van der Waals surface area (Å²) in [7, 11) is 2.01. The van der Waals surface area contributed by atoms with Gasteiger partial charge in [-0.05, 0) is 74.7 Å². The minimum Gasteiger partial charge on any atom is -0.346 e. The highest BCUT2D eigenvalue weighted by Gasteiger charge is 2.40. The SMILES string of the molecule is CCc1c(C2=NC(=S)C(C)(C)N2C)nn(-c2ccc(Cl)cc2Cl)c1-c1ccc(C#CCCc2ccc(Cl)cc2)s1. The van der Waals surface area contributed by atoms with Gasteiger partial charge < -0.3 is 4.90 Å². The van der Waals surface area contributed by atoms with Gasteiger partial charge in [0.05, 0.1) is 31.7 Å². The molecule has 0 unspecified atom stereocenters. The predicted molar refractivity (Wildman–Crippen MR) is 174 cm³/mol. The molecule has 3 heterocycles. The van der Waals surface area contributed by atoms with E-state index in [1.807, 2.05) is 48.1 Å². The molecule has 5 rings (SSSR count). The average Bonchev–Trinajstić information content (AvgIpc) is 3.59. The highest BCUT2D eigenvalue weighted by Crippen LogP contribution is 2.38. The third-order valence-corrected chi connectivity index (χ3v) is 9.46. The molecule has 1 aliphatic heterocycles. The first-order valence-electron chi connectivity index (χ1n) is 12.9. The normalized spacial score (nSPS) is 14.3. The van der Waals surface area contributed by atoms with Gasteiger partial charge in [0.25, 0.3) is 0 Å². The van der Waals surface area contributed by atoms with E-state index in [4.69, 9.17) is 57.1 Å². The summed E-state index contributed by atoms with van der Waals surface area (Å²) >= 11 is 26.2. The fraction of sp³-hybridized carbons (Fsp3) is 0.258. The number of likely N-dealkylation sites (N-methyl/N-ethyl adjacent to an activating group) is 1. The smallest absolute Gasteiger partial charge is 0.158 e. The van der Waals surface area contributed by atoms with E-state index in [-0.39, 0.29) is 5.54 Å². The topological polar surface area (TPSA) is 33.4 Å². The van der Waals surface area contributed by atoms with E-state index in [1.54, 1.807) is 17.4 Å². The largest absolute Gasteiger partial charge is 0.346 e. The van der Waals surface area contributed by atoms with Crippen molar-refractivity contribution in [2.45, 2.75) is 45.6 Å². The van der Waals surface area contributed by atoms with Crippen molar-refractivity contribution in [2.75, 3.05) is 7.05 Å². The third-order valence-electron chi connectivity index (χ3n) is 7.08. The summed E-state index contributed by atoms with van der Waals surface area (Å²) in [5, 5.41) is 6.92. The molecule has 0 saturated heterocycles. The molecule has 2 aromatic heterocycles. The lowest BCUT2D eigenvalue weighted by Gasteiger charge is -2.29. The number of hydrogen-bond acceptors (Lipinski definition) is 4. The zero-order chi connectivity index (χ0) is 28.6. The van der Waals surface area contributed by atoms with Crippen LogP contribution in [0.4, 0.5) is 0 Å². The van der Waals surface area contributed by atoms with Gasteiger partial charge >= 0.3 is 0 Å². The number of aliphatic imine (C=N–C) groups is 1. The fourth-order valence-electron chi connectivity index (χ4n) is 4.51. The Morgan fingerprint density at radius 3 is 2.38 bits per heavy atom. The Kier molecular flexibility index (Phi) is 8.42. The molecule has 2 aromatic carbocycles. The van der Waals surface area contributed by atoms with Crippen LogP contribution >= 0.6 is 58.4 Å². The Morgan fingerprint density at radius 2 is 1.73 bits per heavy atom. The van der Waals surface area contributed by atoms with E-state index >= 15 is 0 Å². The summed E-state index contributed by atoms with van der Waals surface area (Å²) < 4.78 is 1.90. The number of nitrogens with zero attached hydrogens (tertiary/aromatic N) is 4. The van der Waals surface area contributed by atoms with Gasteiger partial charge in [-0.15, -0.1) is 11.3 Å². The lowest BCUT2D eigenvalue weighted by atomic mass is 10.0. The molecule has 1 aliphatic rings. The molecule has 9 heteroatoms. The number of amidine groups is 1. The molecule has 40 heavy (non-hydrogen) atoms. The van der Waals surface area contributed by atoms with Crippen LogP contribution in [0.5, 0.6) is 0 Å². The lowest BCUT2D eigenvalue weighted by molar-refractivity contribution is 0.363. The molecular formula is C31H27Cl3N4S2. The Labute approximate surface area is 259 Å². The summed E-state index contributed by atoms with van der Waals surface area (Å²) in [6.07, 6.45) is 2.39. The first-order chi connectivity index (χ1) is 19.1. The summed E-state index contributed by atoms with van der Waals surface area (Å²) in [6, 6.07) is 17.5. The molecule has 0 aliphatic carbocycles. The quantitative estimate of drug-likeness (QED) is 0.158. The second kappa shape index (κ2) is 11.7. The van der Waals surface area contributed by atoms with Gasteiger partial charge in [0.1, 0.15) is 10.7 Å². The lowest BCUT2D eigenvalue weighted by Crippen LogP contribution is -2.44. The number of thiocarbonyl (C=S) groups is 1. The van der Waals surface area contributed by atoms with Gasteiger partial charge in [0, 0.05) is 29.1 Å². The van der Waals surface area contributed by atoms with Gasteiger partial charge in [-0.1, -0.05) is 77.9 Å². The van der Waals surface area contributed by atoms with Crippen molar-refractivity contribution in [2.24, 2.45) is 4.99 Å². The van der Waals surface area contributed by atoms with Crippen LogP contribution in [0.3, 0.4) is 0 Å². The van der Waals surface area contributed by atoms with Crippen LogP contribution in [-0.4, -0.2) is 38.1 Å². The second-order valence-corrected chi connectivity index (χ2v) is 12.7. The first-order valence-corrected chi connectivity index (χ1v) is 15.2. The summed E-state index contributed by atoms with van der Waals surface area (Å²) in [4.78, 5) is 9.55. The van der Waals surface area contributed by atoms with E-state index in [0.29, 0.717) is 15.0 Å². The Balaban J connectivity index is 1.55. The van der Waals surface area contributed by atoms with Gasteiger partial charge in [-0.25, -0.2) is 9.67 Å². The van der Waals surface area contributed by atoms with E-state index in [1.165, 1.54) is 5.56 Å². The van der Waals surface area contributed by atoms with Crippen LogP contribution in [0.25, 0.3) is 16.3 Å². The number of aryl methyl sites for hydroxylation is 1. The first kappa shape index (κ1) is 28.9. The number of thiophene rings is 1. The maximum atomic E-state index is 6.70. The van der Waals surface area contributed by atoms with Crippen molar-refractivity contribution in [3.63, 3.8) is 0 Å². The summed E-state index contributed by atoms with van der Waals surface area (Å²) in [5.41, 5.74) is 4.41. The fourth-order valence-corrected chi connectivity index (χ4v) is 6.29. The van der Waals surface area contributed by atoms with Crippen molar-refractivity contribution in [3.8, 4) is 28.1 Å². The Morgan fingerprint density at radius 1 is 1.00 bits per heavy atom. The molecule has 0 amide bonds.